The molecule has 9 heteroatoms. The maximum atomic E-state index is 14.7. The molecule has 2 aromatic carbocycles. The molecule has 3 amide bonds. The summed E-state index contributed by atoms with van der Waals surface area (Å²) in [7, 11) is 1.57. The first-order valence-corrected chi connectivity index (χ1v) is 10.8. The van der Waals surface area contributed by atoms with Crippen LogP contribution in [0.4, 0.5) is 14.9 Å². The summed E-state index contributed by atoms with van der Waals surface area (Å²) in [6.45, 7) is 1.89. The van der Waals surface area contributed by atoms with Crippen LogP contribution in [0.15, 0.2) is 53.5 Å². The number of likely N-dealkylation sites (N-methyl/N-ethyl adjacent to an activating group) is 1. The number of rotatable bonds is 5. The summed E-state index contributed by atoms with van der Waals surface area (Å²) in [6.07, 6.45) is 0.353. The fourth-order valence-corrected chi connectivity index (χ4v) is 4.04. The number of urea groups is 1. The topological polar surface area (TPSA) is 100 Å². The van der Waals surface area contributed by atoms with Gasteiger partial charge in [-0.1, -0.05) is 30.3 Å². The van der Waals surface area contributed by atoms with Gasteiger partial charge in [0.25, 0.3) is 5.91 Å². The Hall–Kier alpha value is -3.75. The number of benzene rings is 2. The number of nitrogens with one attached hydrogen (secondary N) is 2. The minimum absolute atomic E-state index is 0.199. The number of para-hydroxylation sites is 1. The second-order valence-corrected chi connectivity index (χ2v) is 8.03. The second-order valence-electron chi connectivity index (χ2n) is 8.03. The number of hydrogen-bond donors (Lipinski definition) is 2. The average molecular weight is 452 g/mol. The van der Waals surface area contributed by atoms with Crippen molar-refractivity contribution in [1.29, 1.82) is 0 Å². The predicted octanol–water partition coefficient (Wildman–Crippen LogP) is 2.75. The molecule has 1 unspecified atom stereocenters. The zero-order valence-corrected chi connectivity index (χ0v) is 18.4. The van der Waals surface area contributed by atoms with Crippen LogP contribution < -0.4 is 15.5 Å². The predicted molar refractivity (Wildman–Crippen MR) is 121 cm³/mol. The fraction of sp³-hybridized carbons (Fsp3) is 0.333. The quantitative estimate of drug-likeness (QED) is 0.682. The lowest BCUT2D eigenvalue weighted by Crippen LogP contribution is -2.63. The molecule has 2 aromatic rings. The number of fused-ring (bicyclic) bond motifs is 1. The molecule has 0 aromatic heterocycles. The molecular weight excluding hydrogens is 427 g/mol. The molecule has 2 N–H and O–H groups in total. The number of esters is 1. The summed E-state index contributed by atoms with van der Waals surface area (Å²) in [5.41, 5.74) is 0.444. The number of carbonyl (C=O) groups is 3. The number of amides is 3. The third-order valence-corrected chi connectivity index (χ3v) is 5.97. The van der Waals surface area contributed by atoms with Crippen molar-refractivity contribution in [3.63, 3.8) is 0 Å². The minimum Gasteiger partial charge on any atom is -0.464 e. The first-order valence-electron chi connectivity index (χ1n) is 10.8. The van der Waals surface area contributed by atoms with Crippen LogP contribution in [-0.2, 0) is 14.3 Å². The highest BCUT2D eigenvalue weighted by molar-refractivity contribution is 6.20. The molecule has 0 spiro atoms. The molecule has 172 valence electrons. The van der Waals surface area contributed by atoms with E-state index in [-0.39, 0.29) is 17.9 Å². The smallest absolute Gasteiger partial charge is 0.331 e. The highest BCUT2D eigenvalue weighted by Crippen LogP contribution is 2.33. The number of carbonyl (C=O) groups excluding carboxylic acids is 3. The van der Waals surface area contributed by atoms with Crippen LogP contribution in [-0.4, -0.2) is 49.0 Å². The number of benzodiazepines with no additional fused rings is 1. The van der Waals surface area contributed by atoms with Gasteiger partial charge in [-0.15, -0.1) is 0 Å². The number of halogens is 1. The Morgan fingerprint density at radius 3 is 2.45 bits per heavy atom. The van der Waals surface area contributed by atoms with Gasteiger partial charge >= 0.3 is 12.0 Å². The van der Waals surface area contributed by atoms with Crippen LogP contribution in [0.1, 0.15) is 37.3 Å². The summed E-state index contributed by atoms with van der Waals surface area (Å²) < 4.78 is 19.8. The lowest BCUT2D eigenvalue weighted by molar-refractivity contribution is -0.154. The van der Waals surface area contributed by atoms with E-state index in [0.717, 1.165) is 6.42 Å². The number of aliphatic imine (C=N–C) groups is 1. The van der Waals surface area contributed by atoms with E-state index < -0.39 is 35.4 Å². The summed E-state index contributed by atoms with van der Waals surface area (Å²) in [5, 5.41) is 5.22. The van der Waals surface area contributed by atoms with Crippen molar-refractivity contribution in [3.05, 3.63) is 65.5 Å². The molecule has 1 saturated carbocycles. The maximum absolute atomic E-state index is 14.7. The standard InChI is InChI=1S/C24H25FN4O4/c1-3-33-22(31)24(13-8-14-24)28-23(32)27-20-21(30)29(2)18-12-7-5-10-16(18)19(26-20)15-9-4-6-11-17(15)25/h4-7,9-12,20H,3,8,13-14H2,1-2H3,(H2,27,28,32). The van der Waals surface area contributed by atoms with Crippen molar-refractivity contribution in [2.75, 3.05) is 18.6 Å². The molecular formula is C24H25FN4O4. The zero-order chi connectivity index (χ0) is 23.6. The maximum Gasteiger partial charge on any atom is 0.331 e. The van der Waals surface area contributed by atoms with Crippen molar-refractivity contribution in [3.8, 4) is 0 Å². The van der Waals surface area contributed by atoms with Gasteiger partial charge in [-0.3, -0.25) is 4.79 Å². The Morgan fingerprint density at radius 1 is 1.15 bits per heavy atom. The Balaban J connectivity index is 1.67. The Kier molecular flexibility index (Phi) is 6.13. The summed E-state index contributed by atoms with van der Waals surface area (Å²) in [5.74, 6) is -1.50. The number of hydrogen-bond acceptors (Lipinski definition) is 5. The first kappa shape index (κ1) is 22.4. The van der Waals surface area contributed by atoms with E-state index in [2.05, 4.69) is 15.6 Å². The van der Waals surface area contributed by atoms with E-state index in [0.29, 0.717) is 24.1 Å². The summed E-state index contributed by atoms with van der Waals surface area (Å²) >= 11 is 0. The van der Waals surface area contributed by atoms with Crippen LogP contribution in [0.2, 0.25) is 0 Å². The molecule has 8 nitrogen and oxygen atoms in total. The minimum atomic E-state index is -1.32. The molecule has 1 aliphatic heterocycles. The van der Waals surface area contributed by atoms with E-state index in [1.807, 2.05) is 0 Å². The van der Waals surface area contributed by atoms with Gasteiger partial charge < -0.3 is 20.3 Å². The van der Waals surface area contributed by atoms with Crippen molar-refractivity contribution in [1.82, 2.24) is 10.6 Å². The summed E-state index contributed by atoms with van der Waals surface area (Å²) in [4.78, 5) is 44.2. The number of ether oxygens (including phenoxy) is 1. The molecule has 4 rings (SSSR count). The van der Waals surface area contributed by atoms with E-state index in [9.17, 15) is 18.8 Å². The van der Waals surface area contributed by atoms with Crippen LogP contribution >= 0.6 is 0 Å². The van der Waals surface area contributed by atoms with Gasteiger partial charge in [-0.25, -0.2) is 19.0 Å². The monoisotopic (exact) mass is 452 g/mol. The van der Waals surface area contributed by atoms with Gasteiger partial charge in [-0.05, 0) is 44.4 Å². The highest BCUT2D eigenvalue weighted by atomic mass is 19.1. The van der Waals surface area contributed by atoms with E-state index in [4.69, 9.17) is 4.74 Å². The van der Waals surface area contributed by atoms with E-state index >= 15 is 0 Å². The zero-order valence-electron chi connectivity index (χ0n) is 18.4. The van der Waals surface area contributed by atoms with Gasteiger partial charge in [0.05, 0.1) is 18.0 Å². The molecule has 2 aliphatic rings. The molecule has 1 atom stereocenters. The van der Waals surface area contributed by atoms with Crippen LogP contribution in [0.3, 0.4) is 0 Å². The van der Waals surface area contributed by atoms with Crippen LogP contribution in [0.5, 0.6) is 0 Å². The van der Waals surface area contributed by atoms with Crippen molar-refractivity contribution < 1.29 is 23.5 Å². The van der Waals surface area contributed by atoms with Crippen LogP contribution in [0, 0.1) is 5.82 Å². The third-order valence-electron chi connectivity index (χ3n) is 5.97. The van der Waals surface area contributed by atoms with Crippen LogP contribution in [0.25, 0.3) is 0 Å². The SMILES string of the molecule is CCOC(=O)C1(NC(=O)NC2N=C(c3ccccc3F)c3ccccc3N(C)C2=O)CCC1. The molecule has 1 heterocycles. The van der Waals surface area contributed by atoms with Crippen molar-refractivity contribution in [2.24, 2.45) is 4.99 Å². The van der Waals surface area contributed by atoms with Gasteiger partial charge in [0.15, 0.2) is 0 Å². The van der Waals surface area contributed by atoms with Gasteiger partial charge in [0.2, 0.25) is 6.17 Å². The summed E-state index contributed by atoms with van der Waals surface area (Å²) in [6, 6.07) is 12.4. The van der Waals surface area contributed by atoms with E-state index in [1.165, 1.54) is 11.0 Å². The Bertz CT molecular complexity index is 1130. The number of nitrogens with zero attached hydrogens (tertiary/aromatic N) is 2. The number of anilines is 1. The first-order chi connectivity index (χ1) is 15.9. The molecule has 0 saturated heterocycles. The molecule has 0 radical (unpaired) electrons. The Morgan fingerprint density at radius 2 is 1.82 bits per heavy atom. The average Bonchev–Trinajstić information content (AvgIpc) is 2.88. The van der Waals surface area contributed by atoms with E-state index in [1.54, 1.807) is 56.4 Å². The largest absolute Gasteiger partial charge is 0.464 e. The lowest BCUT2D eigenvalue weighted by atomic mass is 9.77. The normalized spacial score (nSPS) is 18.9. The van der Waals surface area contributed by atoms with Gasteiger partial charge in [-0.2, -0.15) is 0 Å². The fourth-order valence-electron chi connectivity index (χ4n) is 4.04. The molecule has 33 heavy (non-hydrogen) atoms. The highest BCUT2D eigenvalue weighted by Gasteiger charge is 2.47. The van der Waals surface area contributed by atoms with Crippen molar-refractivity contribution >= 4 is 29.3 Å². The van der Waals surface area contributed by atoms with Gasteiger partial charge in [0, 0.05) is 18.2 Å². The molecule has 1 aliphatic carbocycles. The molecule has 1 fully saturated rings. The molecule has 0 bridgehead atoms. The third kappa shape index (κ3) is 4.18. The Labute approximate surface area is 190 Å². The lowest BCUT2D eigenvalue weighted by Gasteiger charge is -2.39. The van der Waals surface area contributed by atoms with Crippen molar-refractivity contribution in [2.45, 2.75) is 37.9 Å². The van der Waals surface area contributed by atoms with Gasteiger partial charge in [0.1, 0.15) is 11.4 Å². The second kappa shape index (κ2) is 9.01.